The van der Waals surface area contributed by atoms with E-state index in [0.717, 1.165) is 0 Å². The molecule has 0 aliphatic carbocycles. The lowest BCUT2D eigenvalue weighted by molar-refractivity contribution is -0.00545. The number of rotatable bonds is 7. The first-order valence-electron chi connectivity index (χ1n) is 5.96. The zero-order valence-electron chi connectivity index (χ0n) is 12.0. The van der Waals surface area contributed by atoms with Crippen molar-refractivity contribution in [2.24, 2.45) is 5.73 Å². The second kappa shape index (κ2) is 6.93. The highest BCUT2D eigenvalue weighted by Gasteiger charge is 2.49. The molecule has 0 bridgehead atoms. The molecule has 0 spiro atoms. The molecule has 0 aromatic rings. The Kier molecular flexibility index (Phi) is 6.45. The first-order chi connectivity index (χ1) is 10.1. The Morgan fingerprint density at radius 1 is 1.17 bits per heavy atom. The molecule has 7 N–H and O–H groups in total. The van der Waals surface area contributed by atoms with E-state index in [2.05, 4.69) is 13.1 Å². The van der Waals surface area contributed by atoms with E-state index in [1.54, 1.807) is 7.85 Å². The van der Waals surface area contributed by atoms with Gasteiger partial charge in [0.25, 0.3) is 0 Å². The third kappa shape index (κ3) is 6.30. The number of nitrogens with two attached hydrogens (primary N) is 1. The van der Waals surface area contributed by atoms with Gasteiger partial charge in [0.1, 0.15) is 20.1 Å². The van der Waals surface area contributed by atoms with Crippen molar-refractivity contribution in [2.75, 3.05) is 6.61 Å². The predicted molar refractivity (Wildman–Crippen MR) is 75.6 cm³/mol. The molecule has 0 aromatic carbocycles. The average molecular weight is 399 g/mol. The van der Waals surface area contributed by atoms with Gasteiger partial charge in [-0.05, 0) is 6.92 Å². The first kappa shape index (κ1) is 21.4. The molecule has 1 fully saturated rings. The fourth-order valence-corrected chi connectivity index (χ4v) is 4.76. The van der Waals surface area contributed by atoms with Crippen LogP contribution in [0.2, 0.25) is 0 Å². The lowest BCUT2D eigenvalue weighted by Crippen LogP contribution is -2.54. The molecular formula is C6H17BNO12P3. The largest absolute Gasteiger partial charge is 0.490 e. The lowest BCUT2D eigenvalue weighted by atomic mass is 9.80. The maximum atomic E-state index is 11.5. The monoisotopic (exact) mass is 399 g/mol. The minimum atomic E-state index is -5.58. The Morgan fingerprint density at radius 3 is 2.09 bits per heavy atom. The molecule has 1 aliphatic heterocycles. The van der Waals surface area contributed by atoms with Crippen molar-refractivity contribution < 1.29 is 56.3 Å². The van der Waals surface area contributed by atoms with E-state index >= 15 is 0 Å². The summed E-state index contributed by atoms with van der Waals surface area (Å²) in [6, 6.07) is -0.618. The molecule has 0 saturated carbocycles. The van der Waals surface area contributed by atoms with Crippen LogP contribution >= 0.6 is 23.5 Å². The van der Waals surface area contributed by atoms with E-state index in [1.807, 2.05) is 0 Å². The van der Waals surface area contributed by atoms with Gasteiger partial charge < -0.3 is 35.2 Å². The topological polar surface area (TPSA) is 215 Å². The number of hydrogen-bond acceptors (Lipinski definition) is 9. The SMILES string of the molecule is B[C@@H]1O[C@H](COP(=O)(O)OP(=O)(O)OP(=O)(O)O)[C@@H](O)[C@@]1(C)N. The number of hydrogen-bond donors (Lipinski definition) is 6. The molecule has 23 heavy (non-hydrogen) atoms. The first-order valence-corrected chi connectivity index (χ1v) is 10.5. The summed E-state index contributed by atoms with van der Waals surface area (Å²) in [6.45, 7) is 0.731. The van der Waals surface area contributed by atoms with Crippen LogP contribution in [-0.4, -0.2) is 62.9 Å². The predicted octanol–water partition coefficient (Wildman–Crippen LogP) is -2.23. The maximum absolute atomic E-state index is 11.5. The molecule has 17 heteroatoms. The Bertz CT molecular complexity index is 577. The van der Waals surface area contributed by atoms with Gasteiger partial charge >= 0.3 is 23.5 Å². The summed E-state index contributed by atoms with van der Waals surface area (Å²) in [4.78, 5) is 35.0. The van der Waals surface area contributed by atoms with E-state index < -0.39 is 53.8 Å². The van der Waals surface area contributed by atoms with Crippen LogP contribution in [0.25, 0.3) is 0 Å². The third-order valence-corrected chi connectivity index (χ3v) is 6.86. The van der Waals surface area contributed by atoms with Crippen LogP contribution in [-0.2, 0) is 31.6 Å². The van der Waals surface area contributed by atoms with Gasteiger partial charge in [-0.15, -0.1) is 0 Å². The van der Waals surface area contributed by atoms with E-state index in [1.165, 1.54) is 6.92 Å². The molecule has 136 valence electrons. The minimum Gasteiger partial charge on any atom is -0.388 e. The van der Waals surface area contributed by atoms with Gasteiger partial charge in [0.2, 0.25) is 0 Å². The van der Waals surface area contributed by atoms with Crippen molar-refractivity contribution in [1.29, 1.82) is 0 Å². The third-order valence-electron chi connectivity index (χ3n) is 3.06. The smallest absolute Gasteiger partial charge is 0.388 e. The second-order valence-electron chi connectivity index (χ2n) is 5.01. The van der Waals surface area contributed by atoms with Crippen LogP contribution in [0.15, 0.2) is 0 Å². The minimum absolute atomic E-state index is 0.618. The zero-order valence-corrected chi connectivity index (χ0v) is 14.6. The van der Waals surface area contributed by atoms with Crippen LogP contribution in [0.3, 0.4) is 0 Å². The van der Waals surface area contributed by atoms with Crippen molar-refractivity contribution >= 4 is 31.3 Å². The van der Waals surface area contributed by atoms with Crippen LogP contribution in [0.5, 0.6) is 0 Å². The fourth-order valence-electron chi connectivity index (χ4n) is 1.73. The molecule has 13 nitrogen and oxygen atoms in total. The maximum Gasteiger partial charge on any atom is 0.490 e. The molecule has 0 radical (unpaired) electrons. The van der Waals surface area contributed by atoms with Crippen molar-refractivity contribution in [3.05, 3.63) is 0 Å². The molecule has 1 saturated heterocycles. The summed E-state index contributed by atoms with van der Waals surface area (Å²) < 4.78 is 49.7. The molecule has 2 unspecified atom stereocenters. The highest BCUT2D eigenvalue weighted by Crippen LogP contribution is 2.66. The van der Waals surface area contributed by atoms with Gasteiger partial charge in [0.05, 0.1) is 12.1 Å². The Morgan fingerprint density at radius 2 is 1.70 bits per heavy atom. The fraction of sp³-hybridized carbons (Fsp3) is 1.00. The van der Waals surface area contributed by atoms with Gasteiger partial charge in [0.15, 0.2) is 0 Å². The van der Waals surface area contributed by atoms with Crippen LogP contribution in [0.4, 0.5) is 0 Å². The molecule has 0 aromatic heterocycles. The molecule has 1 heterocycles. The summed E-state index contributed by atoms with van der Waals surface area (Å²) in [7, 11) is -14.7. The summed E-state index contributed by atoms with van der Waals surface area (Å²) >= 11 is 0. The molecule has 1 aliphatic rings. The Hall–Kier alpha value is 0.355. The standard InChI is InChI=1S/C6H17BNO12P3/c1-6(8)4(9)3(18-5(6)7)2-17-22(13,14)20-23(15,16)19-21(10,11)12/h3-5,9H,2,7-8H2,1H3,(H,13,14)(H,15,16)(H2,10,11,12)/t3-,4-,5-,6-/m1/s1. The summed E-state index contributed by atoms with van der Waals surface area (Å²) in [6.07, 6.45) is -2.41. The molecule has 1 rings (SSSR count). The van der Waals surface area contributed by atoms with Gasteiger partial charge in [-0.25, -0.2) is 13.7 Å². The Labute approximate surface area is 131 Å². The number of ether oxygens (including phenoxy) is 1. The number of phosphoric ester groups is 1. The normalized spacial score (nSPS) is 37.3. The van der Waals surface area contributed by atoms with E-state index in [0.29, 0.717) is 0 Å². The van der Waals surface area contributed by atoms with Crippen LogP contribution in [0.1, 0.15) is 6.92 Å². The highest BCUT2D eigenvalue weighted by molar-refractivity contribution is 7.66. The van der Waals surface area contributed by atoms with Crippen molar-refractivity contribution in [3.8, 4) is 0 Å². The highest BCUT2D eigenvalue weighted by atomic mass is 31.3. The van der Waals surface area contributed by atoms with Crippen molar-refractivity contribution in [1.82, 2.24) is 0 Å². The van der Waals surface area contributed by atoms with E-state index in [9.17, 15) is 23.7 Å². The van der Waals surface area contributed by atoms with Crippen LogP contribution < -0.4 is 5.73 Å². The number of phosphoric acid groups is 3. The average Bonchev–Trinajstić information content (AvgIpc) is 2.45. The van der Waals surface area contributed by atoms with E-state index in [-0.39, 0.29) is 0 Å². The number of aliphatic hydroxyl groups is 1. The lowest BCUT2D eigenvalue weighted by Gasteiger charge is -2.26. The summed E-state index contributed by atoms with van der Waals surface area (Å²) in [5.74, 6) is 0. The summed E-state index contributed by atoms with van der Waals surface area (Å²) in [5, 5.41) is 9.90. The van der Waals surface area contributed by atoms with Crippen molar-refractivity contribution in [2.45, 2.75) is 30.7 Å². The zero-order chi connectivity index (χ0) is 18.3. The second-order valence-corrected chi connectivity index (χ2v) is 9.43. The Balaban J connectivity index is 2.65. The van der Waals surface area contributed by atoms with Crippen LogP contribution in [0, 0.1) is 0 Å². The quantitative estimate of drug-likeness (QED) is 0.198. The van der Waals surface area contributed by atoms with E-state index in [4.69, 9.17) is 25.2 Å². The van der Waals surface area contributed by atoms with Gasteiger partial charge in [-0.2, -0.15) is 8.62 Å². The molecule has 0 amide bonds. The molecule has 6 atom stereocenters. The van der Waals surface area contributed by atoms with Gasteiger partial charge in [-0.3, -0.25) is 4.52 Å². The van der Waals surface area contributed by atoms with Crippen molar-refractivity contribution in [3.63, 3.8) is 0 Å². The number of aliphatic hydroxyl groups excluding tert-OH is 1. The van der Waals surface area contributed by atoms with Gasteiger partial charge in [-0.1, -0.05) is 0 Å². The summed E-state index contributed by atoms with van der Waals surface area (Å²) in [5.41, 5.74) is 4.62. The molecular weight excluding hydrogens is 382 g/mol. The van der Waals surface area contributed by atoms with Gasteiger partial charge in [0, 0.05) is 6.00 Å².